The maximum Gasteiger partial charge on any atom is 0.0404 e. The molecule has 0 N–H and O–H groups in total. The van der Waals surface area contributed by atoms with Crippen LogP contribution in [0.15, 0.2) is 16.8 Å². The molecule has 1 heterocycles. The molecule has 0 amide bonds. The number of thiophene rings is 1. The number of hydrogen-bond donors (Lipinski definition) is 0. The quantitative estimate of drug-likeness (QED) is 0.648. The zero-order valence-corrected chi connectivity index (χ0v) is 11.4. The van der Waals surface area contributed by atoms with Gasteiger partial charge in [-0.2, -0.15) is 11.3 Å². The number of rotatable bonds is 3. The van der Waals surface area contributed by atoms with E-state index in [1.807, 2.05) is 0 Å². The third kappa shape index (κ3) is 3.78. The van der Waals surface area contributed by atoms with Crippen molar-refractivity contribution >= 4 is 22.9 Å². The van der Waals surface area contributed by atoms with Gasteiger partial charge in [0, 0.05) is 5.38 Å². The average molecular weight is 257 g/mol. The zero-order valence-electron chi connectivity index (χ0n) is 9.83. The first kappa shape index (κ1) is 12.4. The molecule has 0 radical (unpaired) electrons. The Labute approximate surface area is 108 Å². The first-order chi connectivity index (χ1) is 7.86. The molecule has 1 aromatic heterocycles. The lowest BCUT2D eigenvalue weighted by Crippen LogP contribution is -2.18. The molecule has 0 nitrogen and oxygen atoms in total. The van der Waals surface area contributed by atoms with Crippen molar-refractivity contribution in [3.05, 3.63) is 22.4 Å². The molecule has 90 valence electrons. The molecule has 1 saturated carbocycles. The highest BCUT2D eigenvalue weighted by atomic mass is 35.5. The third-order valence-electron chi connectivity index (χ3n) is 3.67. The van der Waals surface area contributed by atoms with Gasteiger partial charge in [0.1, 0.15) is 0 Å². The molecule has 1 aliphatic rings. The van der Waals surface area contributed by atoms with Crippen molar-refractivity contribution < 1.29 is 0 Å². The fourth-order valence-electron chi connectivity index (χ4n) is 2.65. The van der Waals surface area contributed by atoms with E-state index in [-0.39, 0.29) is 0 Å². The van der Waals surface area contributed by atoms with E-state index in [2.05, 4.69) is 16.8 Å². The maximum absolute atomic E-state index is 6.58. The summed E-state index contributed by atoms with van der Waals surface area (Å²) in [6.07, 6.45) is 10.8. The van der Waals surface area contributed by atoms with Gasteiger partial charge in [-0.05, 0) is 47.6 Å². The van der Waals surface area contributed by atoms with Gasteiger partial charge >= 0.3 is 0 Å². The second-order valence-electron chi connectivity index (χ2n) is 4.96. The fourth-order valence-corrected chi connectivity index (χ4v) is 3.76. The van der Waals surface area contributed by atoms with E-state index in [9.17, 15) is 0 Å². The molecule has 1 fully saturated rings. The predicted molar refractivity (Wildman–Crippen MR) is 73.5 cm³/mol. The summed E-state index contributed by atoms with van der Waals surface area (Å²) < 4.78 is 0. The summed E-state index contributed by atoms with van der Waals surface area (Å²) in [7, 11) is 0. The Morgan fingerprint density at radius 1 is 1.19 bits per heavy atom. The molecule has 0 bridgehead atoms. The van der Waals surface area contributed by atoms with Crippen LogP contribution in [0.3, 0.4) is 0 Å². The summed E-state index contributed by atoms with van der Waals surface area (Å²) in [4.78, 5) is 0. The lowest BCUT2D eigenvalue weighted by molar-refractivity contribution is 0.364. The van der Waals surface area contributed by atoms with E-state index in [1.165, 1.54) is 50.5 Å². The van der Waals surface area contributed by atoms with Crippen LogP contribution in [0.1, 0.15) is 50.5 Å². The van der Waals surface area contributed by atoms with E-state index in [0.717, 1.165) is 12.3 Å². The minimum absolute atomic E-state index is 0.354. The van der Waals surface area contributed by atoms with Crippen molar-refractivity contribution in [1.29, 1.82) is 0 Å². The lowest BCUT2D eigenvalue weighted by atomic mass is 9.87. The maximum atomic E-state index is 6.58. The minimum atomic E-state index is 0.354. The molecule has 1 aromatic rings. The van der Waals surface area contributed by atoms with Crippen LogP contribution >= 0.6 is 22.9 Å². The summed E-state index contributed by atoms with van der Waals surface area (Å²) in [6.45, 7) is 0. The van der Waals surface area contributed by atoms with Crippen LogP contribution in [-0.2, 0) is 6.42 Å². The Kier molecular flexibility index (Phi) is 5.18. The SMILES string of the molecule is ClC(Cc1ccsc1)C1CCCCCCC1. The first-order valence-electron chi connectivity index (χ1n) is 6.51. The molecular weight excluding hydrogens is 236 g/mol. The van der Waals surface area contributed by atoms with Gasteiger partial charge in [-0.25, -0.2) is 0 Å². The summed E-state index contributed by atoms with van der Waals surface area (Å²) in [5, 5.41) is 4.74. The van der Waals surface area contributed by atoms with Crippen molar-refractivity contribution in [2.24, 2.45) is 5.92 Å². The molecule has 1 unspecified atom stereocenters. The summed E-state index contributed by atoms with van der Waals surface area (Å²) >= 11 is 8.36. The second kappa shape index (κ2) is 6.66. The van der Waals surface area contributed by atoms with Gasteiger partial charge < -0.3 is 0 Å². The van der Waals surface area contributed by atoms with Crippen LogP contribution < -0.4 is 0 Å². The normalized spacial score (nSPS) is 21.3. The predicted octanol–water partition coefficient (Wildman–Crippen LogP) is 5.26. The molecule has 1 atom stereocenters. The molecule has 1 aliphatic carbocycles. The van der Waals surface area contributed by atoms with E-state index in [0.29, 0.717) is 5.38 Å². The standard InChI is InChI=1S/C14H21ClS/c15-14(10-12-8-9-16-11-12)13-6-4-2-1-3-5-7-13/h8-9,11,13-14H,1-7,10H2. The van der Waals surface area contributed by atoms with E-state index in [1.54, 1.807) is 11.3 Å². The van der Waals surface area contributed by atoms with Gasteiger partial charge in [-0.1, -0.05) is 32.1 Å². The largest absolute Gasteiger partial charge is 0.152 e. The summed E-state index contributed by atoms with van der Waals surface area (Å²) in [5.74, 6) is 0.752. The topological polar surface area (TPSA) is 0 Å². The molecule has 0 aromatic carbocycles. The summed E-state index contributed by atoms with van der Waals surface area (Å²) in [6, 6.07) is 2.21. The third-order valence-corrected chi connectivity index (χ3v) is 4.91. The van der Waals surface area contributed by atoms with E-state index < -0.39 is 0 Å². The van der Waals surface area contributed by atoms with Crippen LogP contribution in [0.5, 0.6) is 0 Å². The van der Waals surface area contributed by atoms with Gasteiger partial charge in [0.25, 0.3) is 0 Å². The van der Waals surface area contributed by atoms with Crippen molar-refractivity contribution in [2.75, 3.05) is 0 Å². The fraction of sp³-hybridized carbons (Fsp3) is 0.714. The molecule has 0 aliphatic heterocycles. The average Bonchev–Trinajstić information content (AvgIpc) is 2.69. The van der Waals surface area contributed by atoms with Crippen LogP contribution in [0, 0.1) is 5.92 Å². The second-order valence-corrected chi connectivity index (χ2v) is 6.30. The molecule has 2 rings (SSSR count). The van der Waals surface area contributed by atoms with Gasteiger partial charge in [0.05, 0.1) is 0 Å². The number of hydrogen-bond acceptors (Lipinski definition) is 1. The highest BCUT2D eigenvalue weighted by Gasteiger charge is 2.20. The number of alkyl halides is 1. The molecule has 16 heavy (non-hydrogen) atoms. The molecule has 0 saturated heterocycles. The van der Waals surface area contributed by atoms with Crippen LogP contribution in [0.2, 0.25) is 0 Å². The van der Waals surface area contributed by atoms with Crippen LogP contribution in [-0.4, -0.2) is 5.38 Å². The highest BCUT2D eigenvalue weighted by Crippen LogP contribution is 2.29. The van der Waals surface area contributed by atoms with Gasteiger partial charge in [0.2, 0.25) is 0 Å². The smallest absolute Gasteiger partial charge is 0.0404 e. The van der Waals surface area contributed by atoms with E-state index >= 15 is 0 Å². The van der Waals surface area contributed by atoms with Crippen LogP contribution in [0.4, 0.5) is 0 Å². The molecule has 2 heteroatoms. The van der Waals surface area contributed by atoms with Crippen molar-refractivity contribution in [3.63, 3.8) is 0 Å². The van der Waals surface area contributed by atoms with Crippen molar-refractivity contribution in [2.45, 2.75) is 56.7 Å². The Morgan fingerprint density at radius 2 is 1.88 bits per heavy atom. The van der Waals surface area contributed by atoms with Crippen molar-refractivity contribution in [3.8, 4) is 0 Å². The highest BCUT2D eigenvalue weighted by molar-refractivity contribution is 7.07. The Bertz CT molecular complexity index is 273. The lowest BCUT2D eigenvalue weighted by Gasteiger charge is -2.24. The Balaban J connectivity index is 1.84. The summed E-state index contributed by atoms with van der Waals surface area (Å²) in [5.41, 5.74) is 1.42. The number of halogens is 1. The Morgan fingerprint density at radius 3 is 2.50 bits per heavy atom. The molecular formula is C14H21ClS. The minimum Gasteiger partial charge on any atom is -0.152 e. The van der Waals surface area contributed by atoms with Gasteiger partial charge in [0.15, 0.2) is 0 Å². The first-order valence-corrected chi connectivity index (χ1v) is 7.89. The van der Waals surface area contributed by atoms with Gasteiger partial charge in [-0.15, -0.1) is 11.6 Å². The molecule has 0 spiro atoms. The van der Waals surface area contributed by atoms with Crippen LogP contribution in [0.25, 0.3) is 0 Å². The zero-order chi connectivity index (χ0) is 11.2. The van der Waals surface area contributed by atoms with E-state index in [4.69, 9.17) is 11.6 Å². The van der Waals surface area contributed by atoms with Gasteiger partial charge in [-0.3, -0.25) is 0 Å². The Hall–Kier alpha value is -0.0100. The van der Waals surface area contributed by atoms with Crippen molar-refractivity contribution in [1.82, 2.24) is 0 Å². The monoisotopic (exact) mass is 256 g/mol.